The molecule has 0 aliphatic heterocycles. The van der Waals surface area contributed by atoms with Crippen molar-refractivity contribution in [3.8, 4) is 11.1 Å². The molecule has 16 heavy (non-hydrogen) atoms. The lowest BCUT2D eigenvalue weighted by molar-refractivity contribution is 1.34. The molecule has 0 amide bonds. The Hall–Kier alpha value is -0.980. The molecule has 0 heterocycles. The first-order valence-corrected chi connectivity index (χ1v) is 6.04. The minimum Gasteiger partial charge on any atom is -0.121 e. The Morgan fingerprint density at radius 2 is 1.69 bits per heavy atom. The summed E-state index contributed by atoms with van der Waals surface area (Å²) in [6, 6.07) is 14.3. The van der Waals surface area contributed by atoms with E-state index >= 15 is 0 Å². The molecule has 0 radical (unpaired) electrons. The van der Waals surface area contributed by atoms with Crippen molar-refractivity contribution in [2.24, 2.45) is 0 Å². The summed E-state index contributed by atoms with van der Waals surface area (Å²) in [4.78, 5) is 0. The van der Waals surface area contributed by atoms with Gasteiger partial charge in [0.15, 0.2) is 0 Å². The Balaban J connectivity index is 2.56. The molecule has 0 saturated heterocycles. The van der Waals surface area contributed by atoms with Gasteiger partial charge >= 0.3 is 0 Å². The van der Waals surface area contributed by atoms with Gasteiger partial charge in [-0.15, -0.1) is 11.6 Å². The van der Waals surface area contributed by atoms with Gasteiger partial charge in [-0.25, -0.2) is 0 Å². The lowest BCUT2D eigenvalue weighted by atomic mass is 9.99. The monoisotopic (exact) mass is 250 g/mol. The highest BCUT2D eigenvalue weighted by Crippen LogP contribution is 2.31. The van der Waals surface area contributed by atoms with E-state index in [1.54, 1.807) is 0 Å². The van der Waals surface area contributed by atoms with E-state index in [9.17, 15) is 0 Å². The second-order valence-corrected chi connectivity index (χ2v) is 4.36. The van der Waals surface area contributed by atoms with Crippen molar-refractivity contribution in [3.63, 3.8) is 0 Å². The minimum atomic E-state index is 0.453. The van der Waals surface area contributed by atoms with E-state index in [4.69, 9.17) is 23.2 Å². The van der Waals surface area contributed by atoms with Crippen LogP contribution in [-0.4, -0.2) is 0 Å². The number of alkyl halides is 1. The van der Waals surface area contributed by atoms with Crippen LogP contribution in [0.2, 0.25) is 5.02 Å². The second kappa shape index (κ2) is 4.90. The first-order chi connectivity index (χ1) is 7.74. The van der Waals surface area contributed by atoms with Gasteiger partial charge in [0.05, 0.1) is 0 Å². The van der Waals surface area contributed by atoms with Gasteiger partial charge in [-0.1, -0.05) is 54.1 Å². The average Bonchev–Trinajstić information content (AvgIpc) is 2.34. The molecule has 2 rings (SSSR count). The lowest BCUT2D eigenvalue weighted by Crippen LogP contribution is -1.89. The predicted molar refractivity (Wildman–Crippen MR) is 71.2 cm³/mol. The molecule has 0 fully saturated rings. The quantitative estimate of drug-likeness (QED) is 0.655. The number of hydrogen-bond donors (Lipinski definition) is 0. The van der Waals surface area contributed by atoms with Crippen LogP contribution in [0.4, 0.5) is 0 Å². The zero-order valence-electron chi connectivity index (χ0n) is 9.00. The van der Waals surface area contributed by atoms with Crippen molar-refractivity contribution in [3.05, 3.63) is 58.6 Å². The molecule has 0 spiro atoms. The maximum absolute atomic E-state index is 6.26. The van der Waals surface area contributed by atoms with Crippen LogP contribution in [-0.2, 0) is 5.88 Å². The summed E-state index contributed by atoms with van der Waals surface area (Å²) in [5.41, 5.74) is 4.43. The number of benzene rings is 2. The Bertz CT molecular complexity index is 490. The topological polar surface area (TPSA) is 0 Å². The third kappa shape index (κ3) is 2.09. The van der Waals surface area contributed by atoms with Crippen LogP contribution >= 0.6 is 23.2 Å². The molecule has 2 aromatic carbocycles. The van der Waals surface area contributed by atoms with Gasteiger partial charge in [0, 0.05) is 10.9 Å². The van der Waals surface area contributed by atoms with Gasteiger partial charge in [0.2, 0.25) is 0 Å². The number of rotatable bonds is 2. The van der Waals surface area contributed by atoms with Crippen molar-refractivity contribution in [2.45, 2.75) is 12.8 Å². The Kier molecular flexibility index (Phi) is 3.52. The molecule has 0 aliphatic carbocycles. The minimum absolute atomic E-state index is 0.453. The van der Waals surface area contributed by atoms with Gasteiger partial charge in [-0.05, 0) is 29.2 Å². The zero-order chi connectivity index (χ0) is 11.5. The fourth-order valence-electron chi connectivity index (χ4n) is 1.77. The lowest BCUT2D eigenvalue weighted by Gasteiger charge is -2.10. The smallest absolute Gasteiger partial charge is 0.0488 e. The van der Waals surface area contributed by atoms with E-state index in [1.807, 2.05) is 31.2 Å². The van der Waals surface area contributed by atoms with Crippen LogP contribution in [0.1, 0.15) is 11.1 Å². The highest BCUT2D eigenvalue weighted by molar-refractivity contribution is 6.33. The maximum Gasteiger partial charge on any atom is 0.0488 e. The normalized spacial score (nSPS) is 10.4. The van der Waals surface area contributed by atoms with Gasteiger partial charge in [-0.2, -0.15) is 0 Å². The molecule has 0 N–H and O–H groups in total. The molecular weight excluding hydrogens is 239 g/mol. The van der Waals surface area contributed by atoms with E-state index in [-0.39, 0.29) is 0 Å². The SMILES string of the molecule is Cc1c(-c2ccccc2)ccc(CCl)c1Cl. The van der Waals surface area contributed by atoms with Crippen LogP contribution in [0, 0.1) is 6.92 Å². The summed E-state index contributed by atoms with van der Waals surface area (Å²) >= 11 is 12.1. The largest absolute Gasteiger partial charge is 0.121 e. The number of halogens is 2. The fraction of sp³-hybridized carbons (Fsp3) is 0.143. The third-order valence-corrected chi connectivity index (χ3v) is 3.51. The summed E-state index contributed by atoms with van der Waals surface area (Å²) in [5, 5.41) is 0.774. The van der Waals surface area contributed by atoms with E-state index in [0.717, 1.165) is 16.1 Å². The Morgan fingerprint density at radius 1 is 1.00 bits per heavy atom. The molecular formula is C14H12Cl2. The molecule has 0 unspecified atom stereocenters. The molecule has 0 saturated carbocycles. The molecule has 82 valence electrons. The zero-order valence-corrected chi connectivity index (χ0v) is 10.5. The molecule has 2 heteroatoms. The summed E-state index contributed by atoms with van der Waals surface area (Å²) < 4.78 is 0. The van der Waals surface area contributed by atoms with Crippen LogP contribution in [0.3, 0.4) is 0 Å². The second-order valence-electron chi connectivity index (χ2n) is 3.71. The van der Waals surface area contributed by atoms with Crippen molar-refractivity contribution in [1.29, 1.82) is 0 Å². The van der Waals surface area contributed by atoms with Crippen molar-refractivity contribution >= 4 is 23.2 Å². The molecule has 0 atom stereocenters. The Morgan fingerprint density at radius 3 is 2.31 bits per heavy atom. The van der Waals surface area contributed by atoms with E-state index < -0.39 is 0 Å². The van der Waals surface area contributed by atoms with Crippen molar-refractivity contribution in [1.82, 2.24) is 0 Å². The third-order valence-electron chi connectivity index (χ3n) is 2.70. The van der Waals surface area contributed by atoms with E-state index in [1.165, 1.54) is 11.1 Å². The Labute approximate surface area is 106 Å². The first-order valence-electron chi connectivity index (χ1n) is 5.13. The van der Waals surface area contributed by atoms with Crippen LogP contribution in [0.25, 0.3) is 11.1 Å². The molecule has 2 aromatic rings. The molecule has 0 aromatic heterocycles. The van der Waals surface area contributed by atoms with Gasteiger partial charge in [0.25, 0.3) is 0 Å². The van der Waals surface area contributed by atoms with Crippen LogP contribution < -0.4 is 0 Å². The summed E-state index contributed by atoms with van der Waals surface area (Å²) in [5.74, 6) is 0.453. The van der Waals surface area contributed by atoms with Crippen LogP contribution in [0.15, 0.2) is 42.5 Å². The van der Waals surface area contributed by atoms with Gasteiger partial charge in [-0.3, -0.25) is 0 Å². The van der Waals surface area contributed by atoms with Gasteiger partial charge in [0.1, 0.15) is 0 Å². The van der Waals surface area contributed by atoms with Crippen molar-refractivity contribution in [2.75, 3.05) is 0 Å². The molecule has 0 nitrogen and oxygen atoms in total. The predicted octanol–water partition coefficient (Wildman–Crippen LogP) is 5.05. The molecule has 0 bridgehead atoms. The summed E-state index contributed by atoms with van der Waals surface area (Å²) in [7, 11) is 0. The summed E-state index contributed by atoms with van der Waals surface area (Å²) in [6.45, 7) is 2.03. The maximum atomic E-state index is 6.26. The summed E-state index contributed by atoms with van der Waals surface area (Å²) in [6.07, 6.45) is 0. The van der Waals surface area contributed by atoms with Crippen molar-refractivity contribution < 1.29 is 0 Å². The van der Waals surface area contributed by atoms with E-state index in [2.05, 4.69) is 18.2 Å². The highest BCUT2D eigenvalue weighted by Gasteiger charge is 2.08. The van der Waals surface area contributed by atoms with E-state index in [0.29, 0.717) is 5.88 Å². The average molecular weight is 251 g/mol. The van der Waals surface area contributed by atoms with Crippen LogP contribution in [0.5, 0.6) is 0 Å². The number of hydrogen-bond acceptors (Lipinski definition) is 0. The molecule has 0 aliphatic rings. The standard InChI is InChI=1S/C14H12Cl2/c1-10-13(11-5-3-2-4-6-11)8-7-12(9-15)14(10)16/h2-8H,9H2,1H3. The van der Waals surface area contributed by atoms with Gasteiger partial charge < -0.3 is 0 Å². The first kappa shape index (κ1) is 11.5. The fourth-order valence-corrected chi connectivity index (χ4v) is 2.30. The highest BCUT2D eigenvalue weighted by atomic mass is 35.5.